The van der Waals surface area contributed by atoms with Gasteiger partial charge in [-0.25, -0.2) is 4.79 Å². The van der Waals surface area contributed by atoms with E-state index in [1.807, 2.05) is 6.92 Å². The van der Waals surface area contributed by atoms with Crippen LogP contribution in [0.2, 0.25) is 0 Å². The van der Waals surface area contributed by atoms with E-state index in [1.165, 1.54) is 6.92 Å². The first-order chi connectivity index (χ1) is 14.6. The van der Waals surface area contributed by atoms with Gasteiger partial charge >= 0.3 is 11.6 Å². The van der Waals surface area contributed by atoms with E-state index in [1.54, 1.807) is 37.5 Å². The van der Waals surface area contributed by atoms with Gasteiger partial charge in [-0.15, -0.1) is 0 Å². The molecule has 0 bridgehead atoms. The summed E-state index contributed by atoms with van der Waals surface area (Å²) in [6.45, 7) is 4.71. The molecule has 31 heavy (non-hydrogen) atoms. The molecule has 2 N–H and O–H groups in total. The number of hydrogen-bond acceptors (Lipinski definition) is 8. The predicted octanol–water partition coefficient (Wildman–Crippen LogP) is 2.62. The highest BCUT2D eigenvalue weighted by Crippen LogP contribution is 2.52. The molecular weight excluding hydrogens is 402 g/mol. The number of fused-ring (bicyclic) bond motifs is 2. The van der Waals surface area contributed by atoms with E-state index in [0.29, 0.717) is 36.3 Å². The van der Waals surface area contributed by atoms with E-state index in [9.17, 15) is 19.8 Å². The SMILES string of the molecule is CC(=O)OC[C@](C)(O)[C@H]1CC[C@]2(C)Oc3cc(-c4cccnc4)oc(=O)c3[C@H](O)[C@H]2C1. The molecule has 0 aromatic carbocycles. The fraction of sp³-hybridized carbons (Fsp3) is 0.522. The molecule has 8 nitrogen and oxygen atoms in total. The van der Waals surface area contributed by atoms with Gasteiger partial charge in [-0.05, 0) is 51.2 Å². The smallest absolute Gasteiger partial charge is 0.345 e. The third kappa shape index (κ3) is 3.97. The van der Waals surface area contributed by atoms with E-state index in [4.69, 9.17) is 13.9 Å². The van der Waals surface area contributed by atoms with Crippen molar-refractivity contribution in [1.82, 2.24) is 4.98 Å². The molecule has 1 aliphatic carbocycles. The summed E-state index contributed by atoms with van der Waals surface area (Å²) in [6.07, 6.45) is 3.72. The van der Waals surface area contributed by atoms with Gasteiger partial charge in [0.05, 0.1) is 11.7 Å². The maximum absolute atomic E-state index is 12.8. The summed E-state index contributed by atoms with van der Waals surface area (Å²) in [6, 6.07) is 5.14. The molecule has 0 amide bonds. The monoisotopic (exact) mass is 429 g/mol. The number of esters is 1. The summed E-state index contributed by atoms with van der Waals surface area (Å²) < 4.78 is 16.8. The standard InChI is InChI=1S/C23H27NO7/c1-13(25)29-12-22(2,28)15-6-7-23(3)16(9-15)20(26)19-18(31-23)10-17(30-21(19)27)14-5-4-8-24-11-14/h4-5,8,10-11,15-16,20,26,28H,6-7,9,12H2,1-3H3/t15-,16+,20+,22-,23-/m0/s1. The van der Waals surface area contributed by atoms with Crippen LogP contribution in [0.1, 0.15) is 51.7 Å². The molecule has 2 aliphatic rings. The maximum atomic E-state index is 12.8. The lowest BCUT2D eigenvalue weighted by Crippen LogP contribution is -2.55. The topological polar surface area (TPSA) is 119 Å². The minimum absolute atomic E-state index is 0.0930. The normalized spacial score (nSPS) is 29.1. The molecule has 2 aromatic rings. The lowest BCUT2D eigenvalue weighted by molar-refractivity contribution is -0.162. The lowest BCUT2D eigenvalue weighted by atomic mass is 9.63. The van der Waals surface area contributed by atoms with Gasteiger partial charge in [0, 0.05) is 36.9 Å². The van der Waals surface area contributed by atoms with Crippen LogP contribution in [0, 0.1) is 11.8 Å². The lowest BCUT2D eigenvalue weighted by Gasteiger charge is -2.51. The van der Waals surface area contributed by atoms with E-state index in [0.717, 1.165) is 0 Å². The minimum Gasteiger partial charge on any atom is -0.486 e. The van der Waals surface area contributed by atoms with Gasteiger partial charge in [-0.1, -0.05) is 0 Å². The van der Waals surface area contributed by atoms with Gasteiger partial charge in [-0.2, -0.15) is 0 Å². The number of hydrogen-bond donors (Lipinski definition) is 2. The van der Waals surface area contributed by atoms with Crippen LogP contribution in [0.4, 0.5) is 0 Å². The van der Waals surface area contributed by atoms with Crippen molar-refractivity contribution in [2.75, 3.05) is 6.61 Å². The molecule has 3 heterocycles. The second-order valence-corrected chi connectivity index (χ2v) is 8.99. The van der Waals surface area contributed by atoms with Crippen molar-refractivity contribution < 1.29 is 28.9 Å². The fourth-order valence-electron chi connectivity index (χ4n) is 4.78. The largest absolute Gasteiger partial charge is 0.486 e. The Morgan fingerprint density at radius 3 is 2.90 bits per heavy atom. The average Bonchev–Trinajstić information content (AvgIpc) is 2.72. The zero-order chi connectivity index (χ0) is 22.4. The Kier molecular flexibility index (Phi) is 5.39. The van der Waals surface area contributed by atoms with Crippen molar-refractivity contribution in [2.45, 2.75) is 57.3 Å². The molecule has 2 aromatic heterocycles. The number of ether oxygens (including phenoxy) is 2. The number of pyridine rings is 1. The van der Waals surface area contributed by atoms with E-state index in [2.05, 4.69) is 4.98 Å². The predicted molar refractivity (Wildman–Crippen MR) is 110 cm³/mol. The van der Waals surface area contributed by atoms with Crippen LogP contribution in [0.25, 0.3) is 11.3 Å². The Morgan fingerprint density at radius 1 is 1.45 bits per heavy atom. The van der Waals surface area contributed by atoms with Crippen molar-refractivity contribution >= 4 is 5.97 Å². The first-order valence-corrected chi connectivity index (χ1v) is 10.4. The van der Waals surface area contributed by atoms with Gasteiger partial charge in [0.25, 0.3) is 0 Å². The summed E-state index contributed by atoms with van der Waals surface area (Å²) in [4.78, 5) is 28.0. The Morgan fingerprint density at radius 2 is 2.23 bits per heavy atom. The second kappa shape index (κ2) is 7.76. The van der Waals surface area contributed by atoms with Crippen molar-refractivity contribution in [3.63, 3.8) is 0 Å². The zero-order valence-corrected chi connectivity index (χ0v) is 17.8. The third-order valence-electron chi connectivity index (χ3n) is 6.68. The Hall–Kier alpha value is -2.71. The molecule has 0 saturated heterocycles. The quantitative estimate of drug-likeness (QED) is 0.712. The Bertz CT molecular complexity index is 1030. The summed E-state index contributed by atoms with van der Waals surface area (Å²) >= 11 is 0. The summed E-state index contributed by atoms with van der Waals surface area (Å²) in [5.41, 5.74) is -1.88. The zero-order valence-electron chi connectivity index (χ0n) is 17.8. The molecule has 0 unspecified atom stereocenters. The van der Waals surface area contributed by atoms with E-state index in [-0.39, 0.29) is 18.1 Å². The molecule has 1 fully saturated rings. The third-order valence-corrected chi connectivity index (χ3v) is 6.68. The fourth-order valence-corrected chi connectivity index (χ4v) is 4.78. The number of aromatic nitrogens is 1. The second-order valence-electron chi connectivity index (χ2n) is 8.99. The number of carbonyl (C=O) groups excluding carboxylic acids is 1. The summed E-state index contributed by atoms with van der Waals surface area (Å²) in [5.74, 6) is -0.477. The highest BCUT2D eigenvalue weighted by Gasteiger charge is 2.53. The van der Waals surface area contributed by atoms with E-state index < -0.39 is 34.8 Å². The molecule has 1 saturated carbocycles. The van der Waals surface area contributed by atoms with E-state index >= 15 is 0 Å². The molecule has 0 spiro atoms. The number of carbonyl (C=O) groups is 1. The van der Waals surface area contributed by atoms with Crippen molar-refractivity contribution in [2.24, 2.45) is 11.8 Å². The molecule has 166 valence electrons. The number of aliphatic hydroxyl groups is 2. The molecule has 5 atom stereocenters. The van der Waals surface area contributed by atoms with Crippen molar-refractivity contribution in [3.8, 4) is 17.1 Å². The van der Waals surface area contributed by atoms with Crippen LogP contribution in [0.15, 0.2) is 39.8 Å². The van der Waals surface area contributed by atoms with Gasteiger partial charge in [-0.3, -0.25) is 9.78 Å². The number of aliphatic hydroxyl groups excluding tert-OH is 1. The number of nitrogens with zero attached hydrogens (tertiary/aromatic N) is 1. The van der Waals surface area contributed by atoms with Gasteiger partial charge in [0.15, 0.2) is 0 Å². The van der Waals surface area contributed by atoms with Crippen LogP contribution < -0.4 is 10.4 Å². The van der Waals surface area contributed by atoms with Gasteiger partial charge in [0.1, 0.15) is 29.3 Å². The van der Waals surface area contributed by atoms with Crippen molar-refractivity contribution in [1.29, 1.82) is 0 Å². The van der Waals surface area contributed by atoms with Crippen LogP contribution >= 0.6 is 0 Å². The van der Waals surface area contributed by atoms with Crippen molar-refractivity contribution in [3.05, 3.63) is 46.6 Å². The van der Waals surface area contributed by atoms with Gasteiger partial charge in [0.2, 0.25) is 0 Å². The van der Waals surface area contributed by atoms with Crippen LogP contribution in [0.5, 0.6) is 5.75 Å². The first kappa shape index (κ1) is 21.5. The minimum atomic E-state index is -1.25. The Labute approximate surface area is 179 Å². The highest BCUT2D eigenvalue weighted by molar-refractivity contribution is 5.66. The average molecular weight is 429 g/mol. The van der Waals surface area contributed by atoms with Crippen LogP contribution in [-0.4, -0.2) is 39.0 Å². The van der Waals surface area contributed by atoms with Crippen LogP contribution in [0.3, 0.4) is 0 Å². The highest BCUT2D eigenvalue weighted by atomic mass is 16.5. The first-order valence-electron chi connectivity index (χ1n) is 10.4. The maximum Gasteiger partial charge on any atom is 0.345 e. The molecule has 0 radical (unpaired) electrons. The number of rotatable bonds is 4. The Balaban J connectivity index is 1.64. The molecular formula is C23H27NO7. The summed E-state index contributed by atoms with van der Waals surface area (Å²) in [7, 11) is 0. The van der Waals surface area contributed by atoms with Gasteiger partial charge < -0.3 is 24.1 Å². The molecule has 8 heteroatoms. The molecule has 1 aliphatic heterocycles. The van der Waals surface area contributed by atoms with Crippen LogP contribution in [-0.2, 0) is 9.53 Å². The summed E-state index contributed by atoms with van der Waals surface area (Å²) in [5, 5.41) is 22.0. The molecule has 4 rings (SSSR count).